The Balaban J connectivity index is 1.75. The summed E-state index contributed by atoms with van der Waals surface area (Å²) in [6.45, 7) is -0.0913. The van der Waals surface area contributed by atoms with Crippen LogP contribution in [0.25, 0.3) is 22.0 Å². The smallest absolute Gasteiger partial charge is 0.417 e. The van der Waals surface area contributed by atoms with Crippen LogP contribution in [0.2, 0.25) is 0 Å². The van der Waals surface area contributed by atoms with Gasteiger partial charge in [-0.3, -0.25) is 9.69 Å². The number of pyridine rings is 1. The summed E-state index contributed by atoms with van der Waals surface area (Å²) in [7, 11) is 1.17. The van der Waals surface area contributed by atoms with Gasteiger partial charge in [0.15, 0.2) is 0 Å². The van der Waals surface area contributed by atoms with Crippen LogP contribution in [0.5, 0.6) is 0 Å². The number of benzene rings is 2. The highest BCUT2D eigenvalue weighted by Gasteiger charge is 2.38. The van der Waals surface area contributed by atoms with Crippen molar-refractivity contribution in [2.24, 2.45) is 0 Å². The second kappa shape index (κ2) is 7.46. The quantitative estimate of drug-likeness (QED) is 0.638. The maximum absolute atomic E-state index is 13.4. The number of aromatic amines is 1. The van der Waals surface area contributed by atoms with Gasteiger partial charge in [-0.05, 0) is 29.7 Å². The number of carbonyl (C=O) groups is 2. The highest BCUT2D eigenvalue weighted by molar-refractivity contribution is 5.97. The molecule has 0 radical (unpaired) electrons. The Morgan fingerprint density at radius 2 is 1.90 bits per heavy atom. The number of anilines is 1. The van der Waals surface area contributed by atoms with E-state index in [9.17, 15) is 27.6 Å². The minimum Gasteiger partial charge on any atom is -0.466 e. The van der Waals surface area contributed by atoms with Crippen molar-refractivity contribution in [1.82, 2.24) is 4.98 Å². The van der Waals surface area contributed by atoms with Crippen molar-refractivity contribution in [3.63, 3.8) is 0 Å². The summed E-state index contributed by atoms with van der Waals surface area (Å²) >= 11 is 0. The number of hydrogen-bond acceptors (Lipinski definition) is 5. The number of aromatic nitrogens is 1. The van der Waals surface area contributed by atoms with E-state index < -0.39 is 35.5 Å². The number of carbonyl (C=O) groups excluding carboxylic acids is 2. The van der Waals surface area contributed by atoms with Gasteiger partial charge in [-0.15, -0.1) is 0 Å². The minimum absolute atomic E-state index is 0.0181. The van der Waals surface area contributed by atoms with Crippen molar-refractivity contribution in [3.05, 3.63) is 64.4 Å². The summed E-state index contributed by atoms with van der Waals surface area (Å²) in [5, 5.41) is 0.552. The second-order valence-corrected chi connectivity index (χ2v) is 6.83. The summed E-state index contributed by atoms with van der Waals surface area (Å²) in [5.74, 6) is -0.706. The van der Waals surface area contributed by atoms with Gasteiger partial charge in [0.25, 0.3) is 5.56 Å². The Hall–Kier alpha value is -3.82. The molecule has 4 rings (SSSR count). The average Bonchev–Trinajstić information content (AvgIpc) is 3.14. The van der Waals surface area contributed by atoms with E-state index in [1.807, 2.05) is 0 Å². The standard InChI is InChI=1S/C21H15F3N2O5/c1-30-19(28)17-10-26(20(29)31-17)12-7-6-11-8-16(25-18(27)14(11)9-12)13-4-2-3-5-15(13)21(22,23)24/h2-9,17H,10H2,1H3,(H,25,27). The number of cyclic esters (lactones) is 1. The van der Waals surface area contributed by atoms with Crippen LogP contribution in [0.15, 0.2) is 53.3 Å². The lowest BCUT2D eigenvalue weighted by Gasteiger charge is -2.15. The van der Waals surface area contributed by atoms with E-state index >= 15 is 0 Å². The number of nitrogens with one attached hydrogen (secondary N) is 1. The Labute approximate surface area is 173 Å². The number of ether oxygens (including phenoxy) is 2. The third-order valence-electron chi connectivity index (χ3n) is 4.94. The molecule has 3 aromatic rings. The molecular formula is C21H15F3N2O5. The van der Waals surface area contributed by atoms with Crippen LogP contribution in [0.4, 0.5) is 23.7 Å². The number of rotatable bonds is 3. The van der Waals surface area contributed by atoms with Gasteiger partial charge in [-0.25, -0.2) is 9.59 Å². The van der Waals surface area contributed by atoms with Crippen LogP contribution in [0.3, 0.4) is 0 Å². The molecule has 1 aromatic heterocycles. The summed E-state index contributed by atoms with van der Waals surface area (Å²) in [6.07, 6.45) is -6.45. The molecule has 1 atom stereocenters. The molecule has 2 aromatic carbocycles. The lowest BCUT2D eigenvalue weighted by molar-refractivity contribution is -0.148. The van der Waals surface area contributed by atoms with E-state index in [4.69, 9.17) is 4.74 Å². The Bertz CT molecular complexity index is 1250. The van der Waals surface area contributed by atoms with Gasteiger partial charge >= 0.3 is 18.2 Å². The molecule has 160 valence electrons. The molecule has 1 N–H and O–H groups in total. The van der Waals surface area contributed by atoms with Gasteiger partial charge in [-0.1, -0.05) is 24.3 Å². The average molecular weight is 432 g/mol. The maximum atomic E-state index is 13.4. The minimum atomic E-state index is -4.58. The molecule has 31 heavy (non-hydrogen) atoms. The first-order chi connectivity index (χ1) is 14.7. The van der Waals surface area contributed by atoms with Crippen molar-refractivity contribution in [2.45, 2.75) is 12.3 Å². The van der Waals surface area contributed by atoms with Gasteiger partial charge in [0, 0.05) is 22.3 Å². The van der Waals surface area contributed by atoms with E-state index in [0.717, 1.165) is 6.07 Å². The fraction of sp³-hybridized carbons (Fsp3) is 0.190. The van der Waals surface area contributed by atoms with E-state index in [1.54, 1.807) is 0 Å². The molecule has 1 unspecified atom stereocenters. The number of nitrogens with zero attached hydrogens (tertiary/aromatic N) is 1. The zero-order chi connectivity index (χ0) is 22.3. The molecule has 2 heterocycles. The maximum Gasteiger partial charge on any atom is 0.417 e. The first-order valence-corrected chi connectivity index (χ1v) is 9.08. The van der Waals surface area contributed by atoms with Crippen molar-refractivity contribution < 1.29 is 32.2 Å². The molecule has 0 bridgehead atoms. The number of amides is 1. The van der Waals surface area contributed by atoms with Crippen molar-refractivity contribution in [3.8, 4) is 11.3 Å². The fourth-order valence-electron chi connectivity index (χ4n) is 3.45. The van der Waals surface area contributed by atoms with Gasteiger partial charge in [-0.2, -0.15) is 13.2 Å². The molecule has 0 saturated carbocycles. The summed E-state index contributed by atoms with van der Waals surface area (Å²) in [4.78, 5) is 40.0. The monoisotopic (exact) mass is 432 g/mol. The highest BCUT2D eigenvalue weighted by atomic mass is 19.4. The lowest BCUT2D eigenvalue weighted by Crippen LogP contribution is -2.28. The lowest BCUT2D eigenvalue weighted by atomic mass is 10.0. The number of alkyl halides is 3. The Morgan fingerprint density at radius 1 is 1.16 bits per heavy atom. The number of halogens is 3. The molecular weight excluding hydrogens is 417 g/mol. The number of hydrogen-bond donors (Lipinski definition) is 1. The van der Waals surface area contributed by atoms with Gasteiger partial charge < -0.3 is 14.5 Å². The molecule has 1 saturated heterocycles. The Kier molecular flexibility index (Phi) is 4.92. The van der Waals surface area contributed by atoms with Crippen LogP contribution < -0.4 is 10.5 Å². The van der Waals surface area contributed by atoms with E-state index in [2.05, 4.69) is 9.72 Å². The van der Waals surface area contributed by atoms with E-state index in [1.165, 1.54) is 54.5 Å². The van der Waals surface area contributed by atoms with E-state index in [-0.39, 0.29) is 23.2 Å². The first kappa shape index (κ1) is 20.5. The molecule has 7 nitrogen and oxygen atoms in total. The fourth-order valence-corrected chi connectivity index (χ4v) is 3.45. The number of H-pyrrole nitrogens is 1. The largest absolute Gasteiger partial charge is 0.466 e. The molecule has 1 aliphatic heterocycles. The second-order valence-electron chi connectivity index (χ2n) is 6.83. The topological polar surface area (TPSA) is 88.7 Å². The third kappa shape index (κ3) is 3.72. The summed E-state index contributed by atoms with van der Waals surface area (Å²) < 4.78 is 49.6. The van der Waals surface area contributed by atoms with Crippen LogP contribution in [0, 0.1) is 0 Å². The molecule has 1 amide bonds. The van der Waals surface area contributed by atoms with Crippen LogP contribution in [-0.4, -0.2) is 36.8 Å². The number of methoxy groups -OCH3 is 1. The highest BCUT2D eigenvalue weighted by Crippen LogP contribution is 2.36. The van der Waals surface area contributed by atoms with Gasteiger partial charge in [0.1, 0.15) is 0 Å². The predicted molar refractivity (Wildman–Crippen MR) is 105 cm³/mol. The SMILES string of the molecule is COC(=O)C1CN(c2ccc3cc(-c4ccccc4C(F)(F)F)[nH]c(=O)c3c2)C(=O)O1. The van der Waals surface area contributed by atoms with Crippen molar-refractivity contribution in [1.29, 1.82) is 0 Å². The van der Waals surface area contributed by atoms with Gasteiger partial charge in [0.05, 0.1) is 19.2 Å². The van der Waals surface area contributed by atoms with E-state index in [0.29, 0.717) is 11.1 Å². The van der Waals surface area contributed by atoms with Crippen LogP contribution in [0.1, 0.15) is 5.56 Å². The number of fused-ring (bicyclic) bond motifs is 1. The molecule has 0 spiro atoms. The molecule has 0 aliphatic carbocycles. The summed E-state index contributed by atoms with van der Waals surface area (Å²) in [5.41, 5.74) is -1.32. The normalized spacial score (nSPS) is 16.5. The van der Waals surface area contributed by atoms with Crippen molar-refractivity contribution in [2.75, 3.05) is 18.6 Å². The van der Waals surface area contributed by atoms with Crippen LogP contribution >= 0.6 is 0 Å². The zero-order valence-corrected chi connectivity index (χ0v) is 16.0. The molecule has 1 fully saturated rings. The van der Waals surface area contributed by atoms with Crippen molar-refractivity contribution >= 4 is 28.5 Å². The number of esters is 1. The summed E-state index contributed by atoms with van der Waals surface area (Å²) in [6, 6.07) is 10.8. The molecule has 10 heteroatoms. The zero-order valence-electron chi connectivity index (χ0n) is 16.0. The first-order valence-electron chi connectivity index (χ1n) is 9.08. The van der Waals surface area contributed by atoms with Crippen LogP contribution in [-0.2, 0) is 20.4 Å². The Morgan fingerprint density at radius 3 is 2.61 bits per heavy atom. The molecule has 1 aliphatic rings. The van der Waals surface area contributed by atoms with Gasteiger partial charge in [0.2, 0.25) is 6.10 Å². The third-order valence-corrected chi connectivity index (χ3v) is 4.94. The predicted octanol–water partition coefficient (Wildman–Crippen LogP) is 3.71.